The van der Waals surface area contributed by atoms with Gasteiger partial charge in [0.1, 0.15) is 5.15 Å². The van der Waals surface area contributed by atoms with Crippen LogP contribution in [-0.4, -0.2) is 28.5 Å². The van der Waals surface area contributed by atoms with E-state index in [2.05, 4.69) is 16.8 Å². The van der Waals surface area contributed by atoms with Crippen LogP contribution >= 0.6 is 11.6 Å². The van der Waals surface area contributed by atoms with Crippen LogP contribution in [0.5, 0.6) is 0 Å². The van der Waals surface area contributed by atoms with Crippen LogP contribution in [0.1, 0.15) is 31.7 Å². The second-order valence-electron chi connectivity index (χ2n) is 4.88. The van der Waals surface area contributed by atoms with E-state index in [1.54, 1.807) is 6.20 Å². The molecule has 94 valence electrons. The summed E-state index contributed by atoms with van der Waals surface area (Å²) in [5.74, 6) is 0. The van der Waals surface area contributed by atoms with Gasteiger partial charge in [-0.05, 0) is 44.0 Å². The number of likely N-dealkylation sites (tertiary alicyclic amines) is 1. The average molecular weight is 254 g/mol. The fraction of sp³-hybridized carbons (Fsp3) is 0.615. The molecule has 0 aromatic carbocycles. The summed E-state index contributed by atoms with van der Waals surface area (Å²) >= 11 is 5.91. The van der Waals surface area contributed by atoms with Gasteiger partial charge in [0.15, 0.2) is 0 Å². The quantitative estimate of drug-likeness (QED) is 0.842. The summed E-state index contributed by atoms with van der Waals surface area (Å²) in [6.07, 6.45) is 5.53. The Kier molecular flexibility index (Phi) is 4.37. The number of pyridine rings is 1. The first-order chi connectivity index (χ1) is 8.16. The zero-order valence-corrected chi connectivity index (χ0v) is 11.0. The molecule has 0 spiro atoms. The number of rotatable bonds is 3. The molecule has 2 rings (SSSR count). The third kappa shape index (κ3) is 3.41. The van der Waals surface area contributed by atoms with E-state index in [0.717, 1.165) is 13.1 Å². The van der Waals surface area contributed by atoms with Gasteiger partial charge in [0.2, 0.25) is 0 Å². The van der Waals surface area contributed by atoms with Crippen molar-refractivity contribution in [2.75, 3.05) is 6.54 Å². The maximum Gasteiger partial charge on any atom is 0.129 e. The lowest BCUT2D eigenvalue weighted by Gasteiger charge is -2.38. The minimum Gasteiger partial charge on any atom is -0.327 e. The fourth-order valence-corrected chi connectivity index (χ4v) is 2.78. The molecule has 1 saturated heterocycles. The fourth-order valence-electron chi connectivity index (χ4n) is 2.58. The van der Waals surface area contributed by atoms with Crippen LogP contribution in [-0.2, 0) is 6.54 Å². The topological polar surface area (TPSA) is 42.1 Å². The van der Waals surface area contributed by atoms with E-state index < -0.39 is 0 Å². The Bertz CT molecular complexity index is 367. The van der Waals surface area contributed by atoms with Crippen molar-refractivity contribution < 1.29 is 0 Å². The molecule has 0 aliphatic carbocycles. The Morgan fingerprint density at radius 2 is 2.41 bits per heavy atom. The largest absolute Gasteiger partial charge is 0.327 e. The Balaban J connectivity index is 2.05. The van der Waals surface area contributed by atoms with Crippen LogP contribution in [0.4, 0.5) is 0 Å². The van der Waals surface area contributed by atoms with E-state index in [4.69, 9.17) is 17.3 Å². The van der Waals surface area contributed by atoms with Gasteiger partial charge in [-0.2, -0.15) is 0 Å². The van der Waals surface area contributed by atoms with Crippen LogP contribution in [0.2, 0.25) is 5.15 Å². The van der Waals surface area contributed by atoms with Crippen molar-refractivity contribution >= 4 is 11.6 Å². The summed E-state index contributed by atoms with van der Waals surface area (Å²) in [5.41, 5.74) is 7.28. The predicted molar refractivity (Wildman–Crippen MR) is 70.9 cm³/mol. The van der Waals surface area contributed by atoms with Gasteiger partial charge in [-0.1, -0.05) is 18.0 Å². The molecule has 17 heavy (non-hydrogen) atoms. The van der Waals surface area contributed by atoms with Gasteiger partial charge in [0.05, 0.1) is 0 Å². The minimum atomic E-state index is 0.229. The van der Waals surface area contributed by atoms with Crippen LogP contribution in [0.15, 0.2) is 18.3 Å². The maximum atomic E-state index is 6.06. The molecule has 2 unspecified atom stereocenters. The number of nitrogens with two attached hydrogens (primary N) is 1. The zero-order chi connectivity index (χ0) is 12.3. The Hall–Kier alpha value is -0.640. The first-order valence-electron chi connectivity index (χ1n) is 6.27. The van der Waals surface area contributed by atoms with Crippen molar-refractivity contribution in [3.05, 3.63) is 29.0 Å². The van der Waals surface area contributed by atoms with Crippen LogP contribution in [0, 0.1) is 0 Å². The lowest BCUT2D eigenvalue weighted by atomic mass is 9.96. The molecule has 1 aliphatic heterocycles. The lowest BCUT2D eigenvalue weighted by molar-refractivity contribution is 0.123. The molecule has 1 aliphatic rings. The first kappa shape index (κ1) is 12.8. The average Bonchev–Trinajstić information content (AvgIpc) is 2.29. The van der Waals surface area contributed by atoms with Gasteiger partial charge < -0.3 is 5.73 Å². The third-order valence-corrected chi connectivity index (χ3v) is 3.65. The molecule has 2 atom stereocenters. The van der Waals surface area contributed by atoms with Crippen molar-refractivity contribution in [3.8, 4) is 0 Å². The number of aromatic nitrogens is 1. The molecule has 2 N–H and O–H groups in total. The van der Waals surface area contributed by atoms with E-state index in [1.807, 2.05) is 12.1 Å². The van der Waals surface area contributed by atoms with Gasteiger partial charge in [0.25, 0.3) is 0 Å². The van der Waals surface area contributed by atoms with Crippen molar-refractivity contribution in [1.29, 1.82) is 0 Å². The molecule has 0 saturated carbocycles. The molecule has 2 heterocycles. The summed E-state index contributed by atoms with van der Waals surface area (Å²) in [5, 5.41) is 0.567. The number of hydrogen-bond acceptors (Lipinski definition) is 3. The van der Waals surface area contributed by atoms with E-state index in [1.165, 1.54) is 24.8 Å². The van der Waals surface area contributed by atoms with Gasteiger partial charge >= 0.3 is 0 Å². The number of halogens is 1. The van der Waals surface area contributed by atoms with E-state index in [-0.39, 0.29) is 6.04 Å². The Morgan fingerprint density at radius 3 is 3.12 bits per heavy atom. The van der Waals surface area contributed by atoms with Crippen molar-refractivity contribution in [1.82, 2.24) is 9.88 Å². The molecule has 3 nitrogen and oxygen atoms in total. The molecular weight excluding hydrogens is 234 g/mol. The normalized spacial score (nSPS) is 23.6. The number of piperidine rings is 1. The summed E-state index contributed by atoms with van der Waals surface area (Å²) in [7, 11) is 0. The molecular formula is C13H20ClN3. The molecule has 0 amide bonds. The monoisotopic (exact) mass is 253 g/mol. The SMILES string of the molecule is CC(N)C1CCCCN1Cc1ccnc(Cl)c1. The Morgan fingerprint density at radius 1 is 1.59 bits per heavy atom. The van der Waals surface area contributed by atoms with Gasteiger partial charge in [-0.15, -0.1) is 0 Å². The molecule has 1 fully saturated rings. The van der Waals surface area contributed by atoms with Gasteiger partial charge in [0, 0.05) is 24.8 Å². The molecule has 4 heteroatoms. The number of nitrogens with zero attached hydrogens (tertiary/aromatic N) is 2. The van der Waals surface area contributed by atoms with Crippen LogP contribution < -0.4 is 5.73 Å². The second-order valence-corrected chi connectivity index (χ2v) is 5.27. The summed E-state index contributed by atoms with van der Waals surface area (Å²) < 4.78 is 0. The standard InChI is InChI=1S/C13H20ClN3/c1-10(15)12-4-2-3-7-17(12)9-11-5-6-16-13(14)8-11/h5-6,8,10,12H,2-4,7,9,15H2,1H3. The van der Waals surface area contributed by atoms with Crippen molar-refractivity contribution in [3.63, 3.8) is 0 Å². The first-order valence-corrected chi connectivity index (χ1v) is 6.64. The summed E-state index contributed by atoms with van der Waals surface area (Å²) in [6, 6.07) is 4.69. The third-order valence-electron chi connectivity index (χ3n) is 3.45. The van der Waals surface area contributed by atoms with Crippen LogP contribution in [0.3, 0.4) is 0 Å². The predicted octanol–water partition coefficient (Wildman–Crippen LogP) is 2.44. The van der Waals surface area contributed by atoms with Crippen molar-refractivity contribution in [2.24, 2.45) is 5.73 Å². The van der Waals surface area contributed by atoms with Crippen molar-refractivity contribution in [2.45, 2.75) is 44.8 Å². The highest BCUT2D eigenvalue weighted by Gasteiger charge is 2.25. The highest BCUT2D eigenvalue weighted by Crippen LogP contribution is 2.21. The summed E-state index contributed by atoms with van der Waals surface area (Å²) in [6.45, 7) is 4.16. The maximum absolute atomic E-state index is 6.06. The minimum absolute atomic E-state index is 0.229. The molecule has 1 aromatic rings. The molecule has 1 aromatic heterocycles. The smallest absolute Gasteiger partial charge is 0.129 e. The van der Waals surface area contributed by atoms with E-state index >= 15 is 0 Å². The van der Waals surface area contributed by atoms with Gasteiger partial charge in [-0.25, -0.2) is 4.98 Å². The summed E-state index contributed by atoms with van der Waals surface area (Å²) in [4.78, 5) is 6.48. The van der Waals surface area contributed by atoms with E-state index in [0.29, 0.717) is 11.2 Å². The second kappa shape index (κ2) is 5.80. The van der Waals surface area contributed by atoms with Crippen LogP contribution in [0.25, 0.3) is 0 Å². The molecule has 0 radical (unpaired) electrons. The molecule has 0 bridgehead atoms. The number of hydrogen-bond donors (Lipinski definition) is 1. The lowest BCUT2D eigenvalue weighted by Crippen LogP contribution is -2.48. The highest BCUT2D eigenvalue weighted by atomic mass is 35.5. The zero-order valence-electron chi connectivity index (χ0n) is 10.3. The van der Waals surface area contributed by atoms with Gasteiger partial charge in [-0.3, -0.25) is 4.90 Å². The Labute approximate surface area is 108 Å². The van der Waals surface area contributed by atoms with E-state index in [9.17, 15) is 0 Å². The highest BCUT2D eigenvalue weighted by molar-refractivity contribution is 6.29.